The highest BCUT2D eigenvalue weighted by Crippen LogP contribution is 2.33. The maximum atomic E-state index is 12.6. The average Bonchev–Trinajstić information content (AvgIpc) is 3.32. The van der Waals surface area contributed by atoms with E-state index in [4.69, 9.17) is 13.9 Å². The zero-order valence-electron chi connectivity index (χ0n) is 13.5. The summed E-state index contributed by atoms with van der Waals surface area (Å²) in [7, 11) is 0. The van der Waals surface area contributed by atoms with Crippen LogP contribution in [0.3, 0.4) is 0 Å². The highest BCUT2D eigenvalue weighted by Gasteiger charge is 2.45. The van der Waals surface area contributed by atoms with Gasteiger partial charge in [0, 0.05) is 11.9 Å². The predicted octanol–water partition coefficient (Wildman–Crippen LogP) is 2.63. The Morgan fingerprint density at radius 2 is 2.42 bits per heavy atom. The first-order valence-corrected chi connectivity index (χ1v) is 9.09. The lowest BCUT2D eigenvalue weighted by molar-refractivity contribution is -0.109. The fourth-order valence-corrected chi connectivity index (χ4v) is 4.15. The third-order valence-electron chi connectivity index (χ3n) is 4.64. The van der Waals surface area contributed by atoms with Crippen LogP contribution in [-0.2, 0) is 16.1 Å². The zero-order valence-corrected chi connectivity index (χ0v) is 14.3. The summed E-state index contributed by atoms with van der Waals surface area (Å²) >= 11 is 1.63. The highest BCUT2D eigenvalue weighted by atomic mass is 32.1. The van der Waals surface area contributed by atoms with E-state index >= 15 is 0 Å². The normalized spacial score (nSPS) is 26.5. The van der Waals surface area contributed by atoms with Crippen LogP contribution in [0.5, 0.6) is 0 Å². The van der Waals surface area contributed by atoms with Crippen molar-refractivity contribution in [2.24, 2.45) is 0 Å². The molecule has 0 aromatic carbocycles. The van der Waals surface area contributed by atoms with Crippen molar-refractivity contribution < 1.29 is 18.7 Å². The summed E-state index contributed by atoms with van der Waals surface area (Å²) in [5.41, 5.74) is 0.959. The second kappa shape index (κ2) is 6.66. The number of carbonyl (C=O) groups excluding carboxylic acids is 1. The fraction of sp³-hybridized carbons (Fsp3) is 0.529. The molecule has 3 atom stereocenters. The number of furan rings is 1. The van der Waals surface area contributed by atoms with Gasteiger partial charge in [0.15, 0.2) is 5.76 Å². The Kier molecular flexibility index (Phi) is 4.39. The molecule has 0 bridgehead atoms. The summed E-state index contributed by atoms with van der Waals surface area (Å²) in [6.45, 7) is 3.61. The van der Waals surface area contributed by atoms with Crippen molar-refractivity contribution in [3.63, 3.8) is 0 Å². The summed E-state index contributed by atoms with van der Waals surface area (Å²) in [5, 5.41) is 3.07. The molecule has 2 aromatic heterocycles. The molecule has 24 heavy (non-hydrogen) atoms. The second-order valence-corrected chi connectivity index (χ2v) is 7.23. The number of ether oxygens (including phenoxy) is 2. The van der Waals surface area contributed by atoms with Crippen LogP contribution in [0.4, 0.5) is 0 Å². The summed E-state index contributed by atoms with van der Waals surface area (Å²) < 4.78 is 17.2. The van der Waals surface area contributed by atoms with E-state index in [1.54, 1.807) is 23.5 Å². The molecule has 1 aliphatic carbocycles. The summed E-state index contributed by atoms with van der Waals surface area (Å²) in [5.74, 6) is 0.326. The molecule has 2 fully saturated rings. The van der Waals surface area contributed by atoms with Crippen molar-refractivity contribution in [2.75, 3.05) is 13.2 Å². The first-order valence-electron chi connectivity index (χ1n) is 8.21. The van der Waals surface area contributed by atoms with Gasteiger partial charge in [-0.25, -0.2) is 4.98 Å². The Labute approximate surface area is 144 Å². The Morgan fingerprint density at radius 3 is 3.17 bits per heavy atom. The summed E-state index contributed by atoms with van der Waals surface area (Å²) in [4.78, 5) is 18.9. The largest absolute Gasteiger partial charge is 0.459 e. The number of rotatable bonds is 4. The minimum atomic E-state index is -0.0719. The maximum Gasteiger partial charge on any atom is 0.289 e. The molecule has 3 heterocycles. The molecular formula is C17H20N2O4S. The molecule has 1 saturated carbocycles. The number of carbonyl (C=O) groups is 1. The van der Waals surface area contributed by atoms with E-state index in [0.717, 1.165) is 23.5 Å². The van der Waals surface area contributed by atoms with Crippen molar-refractivity contribution in [1.82, 2.24) is 9.88 Å². The fourth-order valence-electron chi connectivity index (χ4n) is 3.55. The molecular weight excluding hydrogens is 328 g/mol. The van der Waals surface area contributed by atoms with E-state index in [0.29, 0.717) is 25.5 Å². The van der Waals surface area contributed by atoms with Gasteiger partial charge in [-0.05, 0) is 31.9 Å². The van der Waals surface area contributed by atoms with Gasteiger partial charge in [-0.15, -0.1) is 11.3 Å². The van der Waals surface area contributed by atoms with E-state index in [1.165, 1.54) is 6.26 Å². The zero-order chi connectivity index (χ0) is 16.5. The number of aryl methyl sites for hydroxylation is 1. The molecule has 7 heteroatoms. The molecule has 4 rings (SSSR count). The Bertz CT molecular complexity index is 699. The van der Waals surface area contributed by atoms with Crippen LogP contribution in [0.25, 0.3) is 0 Å². The van der Waals surface area contributed by atoms with Crippen LogP contribution >= 0.6 is 11.3 Å². The monoisotopic (exact) mass is 348 g/mol. The van der Waals surface area contributed by atoms with Crippen molar-refractivity contribution in [1.29, 1.82) is 0 Å². The molecule has 2 aromatic rings. The molecule has 128 valence electrons. The van der Waals surface area contributed by atoms with Gasteiger partial charge in [-0.3, -0.25) is 4.79 Å². The van der Waals surface area contributed by atoms with Gasteiger partial charge in [0.05, 0.1) is 42.3 Å². The van der Waals surface area contributed by atoms with Crippen LogP contribution < -0.4 is 0 Å². The van der Waals surface area contributed by atoms with Gasteiger partial charge >= 0.3 is 0 Å². The lowest BCUT2D eigenvalue weighted by atomic mass is 10.1. The first kappa shape index (κ1) is 15.8. The van der Waals surface area contributed by atoms with Crippen LogP contribution in [0.15, 0.2) is 28.2 Å². The van der Waals surface area contributed by atoms with E-state index in [9.17, 15) is 4.79 Å². The molecule has 0 radical (unpaired) electrons. The van der Waals surface area contributed by atoms with Crippen molar-refractivity contribution in [3.8, 4) is 0 Å². The molecule has 1 saturated heterocycles. The van der Waals surface area contributed by atoms with Crippen molar-refractivity contribution >= 4 is 17.2 Å². The Hall–Kier alpha value is -1.70. The van der Waals surface area contributed by atoms with E-state index in [2.05, 4.69) is 4.98 Å². The number of thiazole rings is 1. The van der Waals surface area contributed by atoms with Gasteiger partial charge in [0.2, 0.25) is 0 Å². The van der Waals surface area contributed by atoms with Crippen LogP contribution in [0.1, 0.15) is 34.1 Å². The van der Waals surface area contributed by atoms with Gasteiger partial charge in [0.25, 0.3) is 5.91 Å². The van der Waals surface area contributed by atoms with Crippen LogP contribution in [0, 0.1) is 6.92 Å². The number of morpholine rings is 1. The SMILES string of the molecule is Cc1nc(CO[C@@H]2CC[C@H]3[C@H]2OCCN3C(=O)c2ccco2)cs1. The Balaban J connectivity index is 1.41. The molecule has 2 aliphatic rings. The van der Waals surface area contributed by atoms with Crippen molar-refractivity contribution in [2.45, 2.75) is 44.6 Å². The van der Waals surface area contributed by atoms with Crippen LogP contribution in [0.2, 0.25) is 0 Å². The maximum absolute atomic E-state index is 12.6. The van der Waals surface area contributed by atoms with Gasteiger partial charge in [-0.1, -0.05) is 0 Å². The molecule has 0 spiro atoms. The molecule has 1 aliphatic heterocycles. The smallest absolute Gasteiger partial charge is 0.289 e. The average molecular weight is 348 g/mol. The lowest BCUT2D eigenvalue weighted by Crippen LogP contribution is -2.53. The minimum Gasteiger partial charge on any atom is -0.459 e. The number of hydrogen-bond donors (Lipinski definition) is 0. The molecule has 0 N–H and O–H groups in total. The van der Waals surface area contributed by atoms with Gasteiger partial charge < -0.3 is 18.8 Å². The quantitative estimate of drug-likeness (QED) is 0.850. The van der Waals surface area contributed by atoms with Gasteiger partial charge in [-0.2, -0.15) is 0 Å². The number of amides is 1. The van der Waals surface area contributed by atoms with E-state index in [1.807, 2.05) is 17.2 Å². The molecule has 0 unspecified atom stereocenters. The lowest BCUT2D eigenvalue weighted by Gasteiger charge is -2.38. The third-order valence-corrected chi connectivity index (χ3v) is 5.46. The van der Waals surface area contributed by atoms with Crippen LogP contribution in [-0.4, -0.2) is 47.2 Å². The summed E-state index contributed by atoms with van der Waals surface area (Å²) in [6.07, 6.45) is 3.24. The number of aromatic nitrogens is 1. The first-order chi connectivity index (χ1) is 11.7. The number of hydrogen-bond acceptors (Lipinski definition) is 6. The highest BCUT2D eigenvalue weighted by molar-refractivity contribution is 7.09. The number of nitrogens with zero attached hydrogens (tertiary/aromatic N) is 2. The minimum absolute atomic E-state index is 0.00390. The van der Waals surface area contributed by atoms with E-state index in [-0.39, 0.29) is 24.2 Å². The Morgan fingerprint density at radius 1 is 1.50 bits per heavy atom. The van der Waals surface area contributed by atoms with Crippen molar-refractivity contribution in [3.05, 3.63) is 40.2 Å². The standard InChI is InChI=1S/C17H20N2O4S/c1-11-18-12(10-24-11)9-23-14-5-4-13-16(14)22-8-6-19(13)17(20)15-3-2-7-21-15/h2-3,7,10,13-14,16H,4-6,8-9H2,1H3/t13-,14+,16+/m0/s1. The van der Waals surface area contributed by atoms with E-state index < -0.39 is 0 Å². The third kappa shape index (κ3) is 2.99. The summed E-state index contributed by atoms with van der Waals surface area (Å²) in [6, 6.07) is 3.50. The topological polar surface area (TPSA) is 64.8 Å². The predicted molar refractivity (Wildman–Crippen MR) is 87.9 cm³/mol. The van der Waals surface area contributed by atoms with Gasteiger partial charge in [0.1, 0.15) is 6.10 Å². The molecule has 1 amide bonds. The number of fused-ring (bicyclic) bond motifs is 1. The second-order valence-electron chi connectivity index (χ2n) is 6.16. The molecule has 6 nitrogen and oxygen atoms in total.